The van der Waals surface area contributed by atoms with Gasteiger partial charge in [0.25, 0.3) is 11.5 Å². The third-order valence-corrected chi connectivity index (χ3v) is 7.21. The van der Waals surface area contributed by atoms with Gasteiger partial charge in [0, 0.05) is 27.1 Å². The molecule has 0 spiro atoms. The molecule has 0 bridgehead atoms. The van der Waals surface area contributed by atoms with Crippen LogP contribution < -0.4 is 10.9 Å². The Hall–Kier alpha value is -2.70. The number of benzene rings is 2. The van der Waals surface area contributed by atoms with E-state index in [0.717, 1.165) is 46.8 Å². The predicted octanol–water partition coefficient (Wildman–Crippen LogP) is 5.25. The predicted molar refractivity (Wildman–Crippen MR) is 122 cm³/mol. The second kappa shape index (κ2) is 7.85. The molecule has 1 aliphatic carbocycles. The summed E-state index contributed by atoms with van der Waals surface area (Å²) in [5.74, 6) is 0.259. The fraction of sp³-hybridized carbons (Fsp3) is 0.261. The van der Waals surface area contributed by atoms with E-state index >= 15 is 0 Å². The van der Waals surface area contributed by atoms with Crippen LogP contribution in [0.25, 0.3) is 20.9 Å². The summed E-state index contributed by atoms with van der Waals surface area (Å²) >= 11 is 7.52. The fourth-order valence-electron chi connectivity index (χ4n) is 4.33. The summed E-state index contributed by atoms with van der Waals surface area (Å²) in [5, 5.41) is 13.5. The number of thiophene rings is 1. The second-order valence-electron chi connectivity index (χ2n) is 7.80. The molecule has 1 amide bonds. The van der Waals surface area contributed by atoms with E-state index in [1.54, 1.807) is 0 Å². The van der Waals surface area contributed by atoms with Crippen molar-refractivity contribution in [3.63, 3.8) is 0 Å². The maximum Gasteiger partial charge on any atom is 0.272 e. The van der Waals surface area contributed by atoms with Crippen molar-refractivity contribution >= 4 is 49.7 Å². The molecule has 152 valence electrons. The van der Waals surface area contributed by atoms with Gasteiger partial charge in [0.2, 0.25) is 0 Å². The smallest absolute Gasteiger partial charge is 0.272 e. The van der Waals surface area contributed by atoms with Crippen molar-refractivity contribution in [2.45, 2.75) is 37.6 Å². The van der Waals surface area contributed by atoms with Crippen molar-refractivity contribution in [3.05, 3.63) is 74.5 Å². The number of hydrogen-bond donors (Lipinski definition) is 2. The van der Waals surface area contributed by atoms with E-state index in [1.807, 2.05) is 48.5 Å². The molecule has 2 heterocycles. The summed E-state index contributed by atoms with van der Waals surface area (Å²) in [4.78, 5) is 25.5. The Morgan fingerprint density at radius 3 is 2.63 bits per heavy atom. The van der Waals surface area contributed by atoms with Crippen LogP contribution in [0.4, 0.5) is 0 Å². The van der Waals surface area contributed by atoms with Crippen LogP contribution in [0.5, 0.6) is 0 Å². The monoisotopic (exact) mass is 437 g/mol. The van der Waals surface area contributed by atoms with Gasteiger partial charge >= 0.3 is 0 Å². The standard InChI is InChI=1S/C23H20ClN3O2S/c24-15-8-5-14-11-20(30-19(14)12-15)23(29)25-16-9-6-13(7-10-16)21-17-3-1-2-4-18(17)22(28)27-26-21/h1-5,8,11-13,16H,6-7,9-10H2,(H,25,29)(H,27,28). The van der Waals surface area contributed by atoms with Crippen molar-refractivity contribution < 1.29 is 4.79 Å². The number of rotatable bonds is 3. The number of fused-ring (bicyclic) bond motifs is 2. The Labute approximate surface area is 182 Å². The molecule has 0 unspecified atom stereocenters. The summed E-state index contributed by atoms with van der Waals surface area (Å²) in [7, 11) is 0. The van der Waals surface area contributed by atoms with Crippen LogP contribution in [0.1, 0.15) is 47.0 Å². The van der Waals surface area contributed by atoms with Gasteiger partial charge < -0.3 is 5.32 Å². The molecule has 4 aromatic rings. The number of halogens is 1. The maximum absolute atomic E-state index is 12.7. The number of aromatic nitrogens is 2. The Morgan fingerprint density at radius 1 is 1.07 bits per heavy atom. The minimum atomic E-state index is -0.153. The van der Waals surface area contributed by atoms with Gasteiger partial charge in [-0.1, -0.05) is 35.9 Å². The average molecular weight is 438 g/mol. The number of aromatic amines is 1. The highest BCUT2D eigenvalue weighted by molar-refractivity contribution is 7.20. The largest absolute Gasteiger partial charge is 0.349 e. The van der Waals surface area contributed by atoms with Crippen LogP contribution in [0.2, 0.25) is 5.02 Å². The molecular weight excluding hydrogens is 418 g/mol. The maximum atomic E-state index is 12.7. The molecule has 0 aliphatic heterocycles. The zero-order chi connectivity index (χ0) is 20.7. The molecule has 1 aliphatic rings. The average Bonchev–Trinajstić information content (AvgIpc) is 3.18. The normalized spacial score (nSPS) is 19.2. The van der Waals surface area contributed by atoms with Crippen molar-refractivity contribution in [1.82, 2.24) is 15.5 Å². The number of nitrogens with zero attached hydrogens (tertiary/aromatic N) is 1. The molecule has 5 rings (SSSR count). The van der Waals surface area contributed by atoms with Gasteiger partial charge in [0.15, 0.2) is 0 Å². The molecule has 0 saturated heterocycles. The molecular formula is C23H20ClN3O2S. The Bertz CT molecular complexity index is 1300. The highest BCUT2D eigenvalue weighted by atomic mass is 35.5. The van der Waals surface area contributed by atoms with Gasteiger partial charge in [0.05, 0.1) is 16.0 Å². The van der Waals surface area contributed by atoms with Gasteiger partial charge in [-0.3, -0.25) is 9.59 Å². The third-order valence-electron chi connectivity index (χ3n) is 5.88. The lowest BCUT2D eigenvalue weighted by Gasteiger charge is -2.29. The molecule has 30 heavy (non-hydrogen) atoms. The van der Waals surface area contributed by atoms with E-state index in [4.69, 9.17) is 11.6 Å². The first kappa shape index (κ1) is 19.3. The number of H-pyrrole nitrogens is 1. The van der Waals surface area contributed by atoms with Crippen LogP contribution in [0.15, 0.2) is 53.3 Å². The van der Waals surface area contributed by atoms with Gasteiger partial charge in [-0.25, -0.2) is 5.10 Å². The topological polar surface area (TPSA) is 74.8 Å². The Morgan fingerprint density at radius 2 is 1.83 bits per heavy atom. The zero-order valence-electron chi connectivity index (χ0n) is 16.2. The number of carbonyl (C=O) groups excluding carboxylic acids is 1. The van der Waals surface area contributed by atoms with Gasteiger partial charge in [0.1, 0.15) is 0 Å². The van der Waals surface area contributed by atoms with Crippen molar-refractivity contribution in [3.8, 4) is 0 Å². The third kappa shape index (κ3) is 3.61. The molecule has 0 radical (unpaired) electrons. The molecule has 0 atom stereocenters. The lowest BCUT2D eigenvalue weighted by Crippen LogP contribution is -2.37. The minimum absolute atomic E-state index is 0.0246. The van der Waals surface area contributed by atoms with E-state index in [2.05, 4.69) is 15.5 Å². The quantitative estimate of drug-likeness (QED) is 0.459. The lowest BCUT2D eigenvalue weighted by molar-refractivity contribution is 0.0930. The highest BCUT2D eigenvalue weighted by Gasteiger charge is 2.26. The highest BCUT2D eigenvalue weighted by Crippen LogP contribution is 2.35. The number of hydrogen-bond acceptors (Lipinski definition) is 4. The molecule has 1 saturated carbocycles. The van der Waals surface area contributed by atoms with Crippen LogP contribution in [0, 0.1) is 0 Å². The van der Waals surface area contributed by atoms with Gasteiger partial charge in [-0.15, -0.1) is 11.3 Å². The van der Waals surface area contributed by atoms with E-state index in [1.165, 1.54) is 11.3 Å². The number of carbonyl (C=O) groups is 1. The van der Waals surface area contributed by atoms with E-state index in [0.29, 0.717) is 15.3 Å². The fourth-order valence-corrected chi connectivity index (χ4v) is 5.57. The molecule has 1 fully saturated rings. The number of amides is 1. The molecule has 5 nitrogen and oxygen atoms in total. The van der Waals surface area contributed by atoms with E-state index < -0.39 is 0 Å². The summed E-state index contributed by atoms with van der Waals surface area (Å²) in [6, 6.07) is 15.4. The van der Waals surface area contributed by atoms with Crippen molar-refractivity contribution in [2.75, 3.05) is 0 Å². The summed E-state index contributed by atoms with van der Waals surface area (Å²) in [5.41, 5.74) is 0.802. The van der Waals surface area contributed by atoms with Crippen LogP contribution in [-0.4, -0.2) is 22.1 Å². The SMILES string of the molecule is O=C(NC1CCC(c2n[nH]c(=O)c3ccccc23)CC1)c1cc2ccc(Cl)cc2s1. The Kier molecular flexibility index (Phi) is 5.05. The first-order valence-electron chi connectivity index (χ1n) is 10.1. The van der Waals surface area contributed by atoms with Gasteiger partial charge in [-0.2, -0.15) is 5.10 Å². The first-order chi connectivity index (χ1) is 14.6. The van der Waals surface area contributed by atoms with Crippen LogP contribution >= 0.6 is 22.9 Å². The van der Waals surface area contributed by atoms with E-state index in [9.17, 15) is 9.59 Å². The minimum Gasteiger partial charge on any atom is -0.349 e. The summed E-state index contributed by atoms with van der Waals surface area (Å²) in [6.07, 6.45) is 3.64. The zero-order valence-corrected chi connectivity index (χ0v) is 17.7. The van der Waals surface area contributed by atoms with Crippen molar-refractivity contribution in [1.29, 1.82) is 0 Å². The molecule has 2 aromatic heterocycles. The summed E-state index contributed by atoms with van der Waals surface area (Å²) < 4.78 is 1.02. The second-order valence-corrected chi connectivity index (χ2v) is 9.32. The van der Waals surface area contributed by atoms with E-state index in [-0.39, 0.29) is 23.4 Å². The van der Waals surface area contributed by atoms with Crippen LogP contribution in [0.3, 0.4) is 0 Å². The van der Waals surface area contributed by atoms with Gasteiger partial charge in [-0.05, 0) is 55.3 Å². The lowest BCUT2D eigenvalue weighted by atomic mass is 9.82. The number of nitrogens with one attached hydrogen (secondary N) is 2. The van der Waals surface area contributed by atoms with Crippen molar-refractivity contribution in [2.24, 2.45) is 0 Å². The van der Waals surface area contributed by atoms with Crippen LogP contribution in [-0.2, 0) is 0 Å². The molecule has 2 aromatic carbocycles. The summed E-state index contributed by atoms with van der Waals surface area (Å²) in [6.45, 7) is 0. The molecule has 2 N–H and O–H groups in total. The first-order valence-corrected chi connectivity index (χ1v) is 11.3. The molecule has 7 heteroatoms. The Balaban J connectivity index is 1.27.